The molecule has 0 N–H and O–H groups in total. The summed E-state index contributed by atoms with van der Waals surface area (Å²) in [7, 11) is 0. The van der Waals surface area contributed by atoms with E-state index in [1.54, 1.807) is 0 Å². The van der Waals surface area contributed by atoms with Gasteiger partial charge < -0.3 is 0 Å². The Kier molecular flexibility index (Phi) is 3.02. The molecule has 1 saturated heterocycles. The van der Waals surface area contributed by atoms with Crippen LogP contribution in [0.25, 0.3) is 0 Å². The van der Waals surface area contributed by atoms with Gasteiger partial charge in [-0.3, -0.25) is 4.90 Å². The molecular formula is C16H21N. The van der Waals surface area contributed by atoms with Gasteiger partial charge in [0.05, 0.1) is 0 Å². The molecule has 0 aromatic heterocycles. The highest BCUT2D eigenvalue weighted by Crippen LogP contribution is 2.39. The third-order valence-electron chi connectivity index (χ3n) is 4.37. The fourth-order valence-corrected chi connectivity index (χ4v) is 3.35. The number of hydrogen-bond donors (Lipinski definition) is 0. The maximum atomic E-state index is 2.73. The van der Waals surface area contributed by atoms with Crippen molar-refractivity contribution in [2.45, 2.75) is 44.2 Å². The predicted molar refractivity (Wildman–Crippen MR) is 71.8 cm³/mol. The Morgan fingerprint density at radius 2 is 1.76 bits per heavy atom. The van der Waals surface area contributed by atoms with E-state index in [4.69, 9.17) is 0 Å². The van der Waals surface area contributed by atoms with Crippen LogP contribution in [0, 0.1) is 0 Å². The SMILES string of the molecule is C1=CCC2(C1)CCCCN2Cc1ccccc1. The van der Waals surface area contributed by atoms with Gasteiger partial charge in [-0.2, -0.15) is 0 Å². The average molecular weight is 227 g/mol. The zero-order chi connectivity index (χ0) is 11.6. The zero-order valence-electron chi connectivity index (χ0n) is 10.4. The van der Waals surface area contributed by atoms with Crippen LogP contribution in [0.15, 0.2) is 42.5 Å². The molecule has 1 nitrogen and oxygen atoms in total. The highest BCUT2D eigenvalue weighted by atomic mass is 15.2. The minimum atomic E-state index is 0.466. The second kappa shape index (κ2) is 4.66. The van der Waals surface area contributed by atoms with Gasteiger partial charge in [0.25, 0.3) is 0 Å². The molecule has 1 spiro atoms. The Morgan fingerprint density at radius 1 is 1.00 bits per heavy atom. The lowest BCUT2D eigenvalue weighted by molar-refractivity contribution is 0.0487. The van der Waals surface area contributed by atoms with Gasteiger partial charge in [-0.1, -0.05) is 48.9 Å². The molecule has 0 amide bonds. The maximum Gasteiger partial charge on any atom is 0.0281 e. The monoisotopic (exact) mass is 227 g/mol. The van der Waals surface area contributed by atoms with Crippen LogP contribution in [0.3, 0.4) is 0 Å². The van der Waals surface area contributed by atoms with Crippen molar-refractivity contribution in [1.29, 1.82) is 0 Å². The normalized spacial score (nSPS) is 23.3. The number of hydrogen-bond acceptors (Lipinski definition) is 1. The second-order valence-electron chi connectivity index (χ2n) is 5.47. The van der Waals surface area contributed by atoms with Crippen molar-refractivity contribution < 1.29 is 0 Å². The molecule has 1 aromatic carbocycles. The number of piperidine rings is 1. The molecule has 1 heteroatoms. The molecule has 1 heterocycles. The Morgan fingerprint density at radius 3 is 2.53 bits per heavy atom. The lowest BCUT2D eigenvalue weighted by Gasteiger charge is -2.45. The van der Waals surface area contributed by atoms with Crippen LogP contribution >= 0.6 is 0 Å². The number of rotatable bonds is 2. The van der Waals surface area contributed by atoms with Gasteiger partial charge in [-0.15, -0.1) is 0 Å². The topological polar surface area (TPSA) is 3.24 Å². The minimum absolute atomic E-state index is 0.466. The maximum absolute atomic E-state index is 2.73. The van der Waals surface area contributed by atoms with E-state index in [2.05, 4.69) is 47.4 Å². The average Bonchev–Trinajstić information content (AvgIpc) is 2.83. The summed E-state index contributed by atoms with van der Waals surface area (Å²) in [5.74, 6) is 0. The van der Waals surface area contributed by atoms with E-state index in [1.165, 1.54) is 44.2 Å². The van der Waals surface area contributed by atoms with Crippen LogP contribution < -0.4 is 0 Å². The predicted octanol–water partition coefficient (Wildman–Crippen LogP) is 3.76. The summed E-state index contributed by atoms with van der Waals surface area (Å²) in [5, 5.41) is 0. The van der Waals surface area contributed by atoms with E-state index < -0.39 is 0 Å². The molecule has 1 fully saturated rings. The molecule has 0 radical (unpaired) electrons. The summed E-state index contributed by atoms with van der Waals surface area (Å²) in [6.07, 6.45) is 11.4. The first-order chi connectivity index (χ1) is 8.39. The second-order valence-corrected chi connectivity index (χ2v) is 5.47. The van der Waals surface area contributed by atoms with E-state index in [1.807, 2.05) is 0 Å². The molecule has 0 saturated carbocycles. The van der Waals surface area contributed by atoms with E-state index >= 15 is 0 Å². The quantitative estimate of drug-likeness (QED) is 0.695. The van der Waals surface area contributed by atoms with Crippen LogP contribution in [-0.2, 0) is 6.54 Å². The smallest absolute Gasteiger partial charge is 0.0281 e. The summed E-state index contributed by atoms with van der Waals surface area (Å²) in [4.78, 5) is 2.73. The molecule has 3 rings (SSSR count). The zero-order valence-corrected chi connectivity index (χ0v) is 10.4. The molecule has 1 aliphatic heterocycles. The van der Waals surface area contributed by atoms with Crippen molar-refractivity contribution in [1.82, 2.24) is 4.90 Å². The third kappa shape index (κ3) is 2.16. The summed E-state index contributed by atoms with van der Waals surface area (Å²) < 4.78 is 0. The van der Waals surface area contributed by atoms with Gasteiger partial charge in [-0.05, 0) is 37.8 Å². The fourth-order valence-electron chi connectivity index (χ4n) is 3.35. The fraction of sp³-hybridized carbons (Fsp3) is 0.500. The van der Waals surface area contributed by atoms with Gasteiger partial charge in [0.15, 0.2) is 0 Å². The molecule has 0 unspecified atom stereocenters. The molecular weight excluding hydrogens is 206 g/mol. The van der Waals surface area contributed by atoms with Gasteiger partial charge >= 0.3 is 0 Å². The molecule has 90 valence electrons. The van der Waals surface area contributed by atoms with E-state index in [9.17, 15) is 0 Å². The van der Waals surface area contributed by atoms with Gasteiger partial charge in [-0.25, -0.2) is 0 Å². The van der Waals surface area contributed by atoms with Crippen molar-refractivity contribution in [2.75, 3.05) is 6.54 Å². The molecule has 17 heavy (non-hydrogen) atoms. The van der Waals surface area contributed by atoms with Crippen LogP contribution in [-0.4, -0.2) is 17.0 Å². The van der Waals surface area contributed by atoms with Gasteiger partial charge in [0, 0.05) is 12.1 Å². The van der Waals surface area contributed by atoms with Crippen molar-refractivity contribution in [3.8, 4) is 0 Å². The van der Waals surface area contributed by atoms with E-state index in [-0.39, 0.29) is 0 Å². The number of nitrogens with zero attached hydrogens (tertiary/aromatic N) is 1. The Hall–Kier alpha value is -1.08. The van der Waals surface area contributed by atoms with Gasteiger partial charge in [0.1, 0.15) is 0 Å². The first kappa shape index (κ1) is 11.0. The Labute approximate surface area is 104 Å². The number of likely N-dealkylation sites (tertiary alicyclic amines) is 1. The first-order valence-electron chi connectivity index (χ1n) is 6.83. The molecule has 1 aliphatic carbocycles. The molecule has 0 bridgehead atoms. The third-order valence-corrected chi connectivity index (χ3v) is 4.37. The standard InChI is InChI=1S/C16H21N/c1-2-8-15(9-3-1)14-17-13-7-6-12-16(17)10-4-5-11-16/h1-5,8-9H,6-7,10-14H2. The van der Waals surface area contributed by atoms with Crippen molar-refractivity contribution in [3.63, 3.8) is 0 Å². The lowest BCUT2D eigenvalue weighted by Crippen LogP contribution is -2.49. The molecule has 2 aliphatic rings. The largest absolute Gasteiger partial charge is 0.293 e. The van der Waals surface area contributed by atoms with Crippen LogP contribution in [0.2, 0.25) is 0 Å². The van der Waals surface area contributed by atoms with Crippen molar-refractivity contribution >= 4 is 0 Å². The number of benzene rings is 1. The first-order valence-corrected chi connectivity index (χ1v) is 6.83. The Bertz CT molecular complexity index is 385. The van der Waals surface area contributed by atoms with Crippen molar-refractivity contribution in [2.24, 2.45) is 0 Å². The minimum Gasteiger partial charge on any atom is -0.293 e. The summed E-state index contributed by atoms with van der Waals surface area (Å²) in [6.45, 7) is 2.40. The summed E-state index contributed by atoms with van der Waals surface area (Å²) >= 11 is 0. The van der Waals surface area contributed by atoms with Crippen LogP contribution in [0.4, 0.5) is 0 Å². The summed E-state index contributed by atoms with van der Waals surface area (Å²) in [5.41, 5.74) is 1.93. The Balaban J connectivity index is 1.76. The molecule has 0 atom stereocenters. The van der Waals surface area contributed by atoms with E-state index in [0.717, 1.165) is 6.54 Å². The highest BCUT2D eigenvalue weighted by molar-refractivity contribution is 5.17. The van der Waals surface area contributed by atoms with Gasteiger partial charge in [0.2, 0.25) is 0 Å². The van der Waals surface area contributed by atoms with E-state index in [0.29, 0.717) is 5.54 Å². The summed E-state index contributed by atoms with van der Waals surface area (Å²) in [6, 6.07) is 10.9. The highest BCUT2D eigenvalue weighted by Gasteiger charge is 2.38. The van der Waals surface area contributed by atoms with Crippen LogP contribution in [0.1, 0.15) is 37.7 Å². The van der Waals surface area contributed by atoms with Crippen LogP contribution in [0.5, 0.6) is 0 Å². The lowest BCUT2D eigenvalue weighted by atomic mass is 9.84. The molecule has 1 aromatic rings. The van der Waals surface area contributed by atoms with Crippen molar-refractivity contribution in [3.05, 3.63) is 48.0 Å².